The Hall–Kier alpha value is -3.16. The summed E-state index contributed by atoms with van der Waals surface area (Å²) in [4.78, 5) is 7.89. The first kappa shape index (κ1) is 19.2. The fraction of sp³-hybridized carbons (Fsp3) is 0.182. The zero-order valence-electron chi connectivity index (χ0n) is 16.2. The summed E-state index contributed by atoms with van der Waals surface area (Å²) in [5.74, 6) is 1.41. The van der Waals surface area contributed by atoms with Gasteiger partial charge in [0.15, 0.2) is 0 Å². The summed E-state index contributed by atoms with van der Waals surface area (Å²) in [6.45, 7) is 0.886. The van der Waals surface area contributed by atoms with Gasteiger partial charge in [0.05, 0.1) is 25.4 Å². The summed E-state index contributed by atoms with van der Waals surface area (Å²) >= 11 is 5.14. The summed E-state index contributed by atoms with van der Waals surface area (Å²) in [6, 6.07) is 16.1. The van der Waals surface area contributed by atoms with E-state index in [0.717, 1.165) is 38.7 Å². The molecule has 4 aromatic rings. The van der Waals surface area contributed by atoms with Gasteiger partial charge in [0.2, 0.25) is 0 Å². The maximum absolute atomic E-state index is 6.01. The Labute approximate surface area is 173 Å². The van der Waals surface area contributed by atoms with Gasteiger partial charge in [-0.2, -0.15) is 0 Å². The first-order chi connectivity index (χ1) is 14.2. The lowest BCUT2D eigenvalue weighted by atomic mass is 10.1. The second-order valence-corrected chi connectivity index (χ2v) is 6.90. The SMILES string of the molecule is COCc1c(NC(=S)OC)ncc2[nH]c3ccc(OCc4ccccc4)cc3c12. The number of nitrogens with one attached hydrogen (secondary N) is 2. The molecule has 7 heteroatoms. The number of H-pyrrole nitrogens is 1. The van der Waals surface area contributed by atoms with Gasteiger partial charge in [-0.05, 0) is 36.0 Å². The molecule has 0 atom stereocenters. The Morgan fingerprint density at radius 1 is 1.07 bits per heavy atom. The molecule has 6 nitrogen and oxygen atoms in total. The topological polar surface area (TPSA) is 68.4 Å². The van der Waals surface area contributed by atoms with Crippen LogP contribution in [0.4, 0.5) is 5.82 Å². The molecule has 2 aromatic carbocycles. The van der Waals surface area contributed by atoms with Crippen LogP contribution in [-0.2, 0) is 22.7 Å². The molecule has 2 aromatic heterocycles. The van der Waals surface area contributed by atoms with Crippen molar-refractivity contribution < 1.29 is 14.2 Å². The van der Waals surface area contributed by atoms with Crippen LogP contribution in [0.25, 0.3) is 21.8 Å². The van der Waals surface area contributed by atoms with Crippen molar-refractivity contribution in [3.05, 3.63) is 65.9 Å². The molecule has 0 bridgehead atoms. The van der Waals surface area contributed by atoms with Crippen LogP contribution in [0, 0.1) is 0 Å². The van der Waals surface area contributed by atoms with E-state index in [0.29, 0.717) is 19.0 Å². The maximum atomic E-state index is 6.01. The maximum Gasteiger partial charge on any atom is 0.262 e. The molecular formula is C22H21N3O3S. The van der Waals surface area contributed by atoms with Gasteiger partial charge in [-0.1, -0.05) is 30.3 Å². The standard InChI is InChI=1S/C22H21N3O3S/c1-26-13-17-20-16-10-15(28-12-14-6-4-3-5-7-14)8-9-18(16)24-19(20)11-23-21(17)25-22(29)27-2/h3-11,24H,12-13H2,1-2H3,(H,23,25,29). The van der Waals surface area contributed by atoms with Crippen molar-refractivity contribution in [3.8, 4) is 5.75 Å². The van der Waals surface area contributed by atoms with Crippen LogP contribution < -0.4 is 10.1 Å². The number of rotatable bonds is 6. The summed E-state index contributed by atoms with van der Waals surface area (Å²) in [5.41, 5.74) is 3.94. The zero-order chi connectivity index (χ0) is 20.2. The summed E-state index contributed by atoms with van der Waals surface area (Å²) < 4.78 is 16.5. The highest BCUT2D eigenvalue weighted by Crippen LogP contribution is 2.34. The van der Waals surface area contributed by atoms with Crippen LogP contribution in [0.1, 0.15) is 11.1 Å². The van der Waals surface area contributed by atoms with Crippen molar-refractivity contribution in [2.45, 2.75) is 13.2 Å². The number of anilines is 1. The van der Waals surface area contributed by atoms with Crippen molar-refractivity contribution in [2.75, 3.05) is 19.5 Å². The number of aromatic amines is 1. The number of aromatic nitrogens is 2. The minimum absolute atomic E-state index is 0.251. The predicted octanol–water partition coefficient (Wildman–Crippen LogP) is 4.78. The average molecular weight is 407 g/mol. The highest BCUT2D eigenvalue weighted by atomic mass is 32.1. The van der Waals surface area contributed by atoms with Crippen molar-refractivity contribution in [1.82, 2.24) is 9.97 Å². The number of ether oxygens (including phenoxy) is 3. The quantitative estimate of drug-likeness (QED) is 0.448. The highest BCUT2D eigenvalue weighted by Gasteiger charge is 2.16. The van der Waals surface area contributed by atoms with E-state index < -0.39 is 0 Å². The Bertz CT molecular complexity index is 1160. The molecule has 148 valence electrons. The molecule has 4 rings (SSSR count). The molecule has 0 aliphatic heterocycles. The Morgan fingerprint density at radius 3 is 2.66 bits per heavy atom. The predicted molar refractivity (Wildman–Crippen MR) is 118 cm³/mol. The Morgan fingerprint density at radius 2 is 1.90 bits per heavy atom. The lowest BCUT2D eigenvalue weighted by molar-refractivity contribution is 0.186. The molecule has 0 saturated carbocycles. The van der Waals surface area contributed by atoms with Crippen LogP contribution in [0.5, 0.6) is 5.75 Å². The zero-order valence-corrected chi connectivity index (χ0v) is 17.0. The molecular weight excluding hydrogens is 386 g/mol. The number of pyridine rings is 1. The second-order valence-electron chi connectivity index (χ2n) is 6.53. The molecule has 0 unspecified atom stereocenters. The molecule has 0 aliphatic carbocycles. The van der Waals surface area contributed by atoms with Gasteiger partial charge in [-0.3, -0.25) is 0 Å². The normalized spacial score (nSPS) is 11.0. The highest BCUT2D eigenvalue weighted by molar-refractivity contribution is 7.80. The number of hydrogen-bond donors (Lipinski definition) is 2. The number of fused-ring (bicyclic) bond motifs is 3. The largest absolute Gasteiger partial charge is 0.489 e. The van der Waals surface area contributed by atoms with E-state index in [1.54, 1.807) is 13.3 Å². The third kappa shape index (κ3) is 4.01. The third-order valence-corrected chi connectivity index (χ3v) is 4.92. The molecule has 0 spiro atoms. The van der Waals surface area contributed by atoms with E-state index in [1.807, 2.05) is 48.5 Å². The van der Waals surface area contributed by atoms with Crippen molar-refractivity contribution in [3.63, 3.8) is 0 Å². The van der Waals surface area contributed by atoms with E-state index >= 15 is 0 Å². The summed E-state index contributed by atoms with van der Waals surface area (Å²) in [5, 5.41) is 5.33. The van der Waals surface area contributed by atoms with Crippen LogP contribution in [0.15, 0.2) is 54.7 Å². The van der Waals surface area contributed by atoms with Gasteiger partial charge < -0.3 is 24.5 Å². The second kappa shape index (κ2) is 8.46. The van der Waals surface area contributed by atoms with E-state index in [2.05, 4.69) is 15.3 Å². The smallest absolute Gasteiger partial charge is 0.262 e. The van der Waals surface area contributed by atoms with Gasteiger partial charge in [0.1, 0.15) is 18.2 Å². The molecule has 2 N–H and O–H groups in total. The van der Waals surface area contributed by atoms with Gasteiger partial charge >= 0.3 is 0 Å². The van der Waals surface area contributed by atoms with Crippen molar-refractivity contribution in [2.24, 2.45) is 0 Å². The number of nitrogens with zero attached hydrogens (tertiary/aromatic N) is 1. The van der Waals surface area contributed by atoms with Crippen LogP contribution in [0.3, 0.4) is 0 Å². The van der Waals surface area contributed by atoms with E-state index in [-0.39, 0.29) is 5.17 Å². The van der Waals surface area contributed by atoms with E-state index in [1.165, 1.54) is 7.11 Å². The van der Waals surface area contributed by atoms with E-state index in [4.69, 9.17) is 26.4 Å². The lowest BCUT2D eigenvalue weighted by Gasteiger charge is -2.12. The molecule has 0 fully saturated rings. The Kier molecular flexibility index (Phi) is 5.59. The summed E-state index contributed by atoms with van der Waals surface area (Å²) in [6.07, 6.45) is 1.78. The number of thiocarbonyl (C=S) groups is 1. The molecule has 0 saturated heterocycles. The van der Waals surface area contributed by atoms with Gasteiger partial charge in [-0.25, -0.2) is 4.98 Å². The first-order valence-corrected chi connectivity index (χ1v) is 9.54. The van der Waals surface area contributed by atoms with Crippen LogP contribution in [0.2, 0.25) is 0 Å². The van der Waals surface area contributed by atoms with Crippen molar-refractivity contribution >= 4 is 45.0 Å². The van der Waals surface area contributed by atoms with Gasteiger partial charge in [0.25, 0.3) is 5.17 Å². The molecule has 0 amide bonds. The van der Waals surface area contributed by atoms with Crippen molar-refractivity contribution in [1.29, 1.82) is 0 Å². The molecule has 29 heavy (non-hydrogen) atoms. The molecule has 0 aliphatic rings. The minimum Gasteiger partial charge on any atom is -0.489 e. The van der Waals surface area contributed by atoms with Crippen LogP contribution >= 0.6 is 12.2 Å². The first-order valence-electron chi connectivity index (χ1n) is 9.13. The van der Waals surface area contributed by atoms with Gasteiger partial charge in [0, 0.05) is 29.0 Å². The van der Waals surface area contributed by atoms with Gasteiger partial charge in [-0.15, -0.1) is 0 Å². The minimum atomic E-state index is 0.251. The Balaban J connectivity index is 1.76. The molecule has 2 heterocycles. The average Bonchev–Trinajstić information content (AvgIpc) is 3.12. The summed E-state index contributed by atoms with van der Waals surface area (Å²) in [7, 11) is 3.17. The number of benzene rings is 2. The van der Waals surface area contributed by atoms with Crippen LogP contribution in [-0.4, -0.2) is 29.4 Å². The lowest BCUT2D eigenvalue weighted by Crippen LogP contribution is -2.14. The molecule has 0 radical (unpaired) electrons. The van der Waals surface area contributed by atoms with E-state index in [9.17, 15) is 0 Å². The fourth-order valence-electron chi connectivity index (χ4n) is 3.31. The number of hydrogen-bond acceptors (Lipinski definition) is 5. The number of methoxy groups -OCH3 is 2. The third-order valence-electron chi connectivity index (χ3n) is 4.65. The fourth-order valence-corrected chi connectivity index (χ4v) is 3.41. The monoisotopic (exact) mass is 407 g/mol.